The van der Waals surface area contributed by atoms with Gasteiger partial charge in [0.1, 0.15) is 5.82 Å². The molecule has 1 fully saturated rings. The SMILES string of the molecule is O=C1CC(=O)N(c2ncc(Br)cc2CO)C1. The fraction of sp³-hybridized carbons (Fsp3) is 0.300. The quantitative estimate of drug-likeness (QED) is 0.810. The van der Waals surface area contributed by atoms with Crippen LogP contribution in [0.15, 0.2) is 16.7 Å². The standard InChI is InChI=1S/C10H9BrN2O3/c11-7-1-6(5-14)10(12-3-7)13-4-8(15)2-9(13)16/h1,3,14H,2,4-5H2. The van der Waals surface area contributed by atoms with E-state index < -0.39 is 0 Å². The van der Waals surface area contributed by atoms with E-state index in [0.717, 1.165) is 4.47 Å². The van der Waals surface area contributed by atoms with Gasteiger partial charge >= 0.3 is 0 Å². The number of anilines is 1. The Bertz CT molecular complexity index is 461. The van der Waals surface area contributed by atoms with Gasteiger partial charge in [0.2, 0.25) is 5.91 Å². The minimum absolute atomic E-state index is 0.0421. The van der Waals surface area contributed by atoms with Crippen LogP contribution in [0.1, 0.15) is 12.0 Å². The minimum atomic E-state index is -0.269. The van der Waals surface area contributed by atoms with Gasteiger partial charge in [0.15, 0.2) is 5.78 Å². The molecule has 1 aliphatic heterocycles. The number of rotatable bonds is 2. The Hall–Kier alpha value is -1.27. The molecule has 0 radical (unpaired) electrons. The molecule has 0 atom stereocenters. The number of hydrogen-bond donors (Lipinski definition) is 1. The summed E-state index contributed by atoms with van der Waals surface area (Å²) in [6.07, 6.45) is 1.45. The second-order valence-corrected chi connectivity index (χ2v) is 4.41. The first-order valence-corrected chi connectivity index (χ1v) is 5.48. The molecule has 1 amide bonds. The van der Waals surface area contributed by atoms with Crippen LogP contribution in [0.2, 0.25) is 0 Å². The molecule has 1 saturated heterocycles. The maximum atomic E-state index is 11.5. The summed E-state index contributed by atoms with van der Waals surface area (Å²) in [6, 6.07) is 1.68. The van der Waals surface area contributed by atoms with E-state index in [-0.39, 0.29) is 31.3 Å². The third-order valence-corrected chi connectivity index (χ3v) is 2.75. The number of hydrogen-bond acceptors (Lipinski definition) is 4. The Morgan fingerprint density at radius 2 is 2.25 bits per heavy atom. The highest BCUT2D eigenvalue weighted by Gasteiger charge is 2.30. The Balaban J connectivity index is 2.40. The van der Waals surface area contributed by atoms with Crippen LogP contribution in [0.4, 0.5) is 5.82 Å². The van der Waals surface area contributed by atoms with Gasteiger partial charge in [-0.25, -0.2) is 4.98 Å². The van der Waals surface area contributed by atoms with E-state index in [1.165, 1.54) is 11.1 Å². The molecule has 0 saturated carbocycles. The molecular formula is C10H9BrN2O3. The second kappa shape index (κ2) is 4.31. The number of carbonyl (C=O) groups excluding carboxylic acids is 2. The number of nitrogens with zero attached hydrogens (tertiary/aromatic N) is 2. The van der Waals surface area contributed by atoms with Crippen LogP contribution in [0.25, 0.3) is 0 Å². The van der Waals surface area contributed by atoms with E-state index in [9.17, 15) is 14.7 Å². The van der Waals surface area contributed by atoms with Gasteiger partial charge in [-0.05, 0) is 22.0 Å². The van der Waals surface area contributed by atoms with Crippen molar-refractivity contribution in [3.8, 4) is 0 Å². The van der Waals surface area contributed by atoms with Crippen molar-refractivity contribution in [2.24, 2.45) is 0 Å². The lowest BCUT2D eigenvalue weighted by atomic mass is 10.2. The Morgan fingerprint density at radius 1 is 1.50 bits per heavy atom. The van der Waals surface area contributed by atoms with Crippen molar-refractivity contribution in [3.05, 3.63) is 22.3 Å². The summed E-state index contributed by atoms with van der Waals surface area (Å²) in [5, 5.41) is 9.17. The number of halogens is 1. The van der Waals surface area contributed by atoms with Gasteiger partial charge in [0.25, 0.3) is 0 Å². The fourth-order valence-corrected chi connectivity index (χ4v) is 1.99. The van der Waals surface area contributed by atoms with Crippen LogP contribution in [-0.4, -0.2) is 28.3 Å². The molecule has 84 valence electrons. The highest BCUT2D eigenvalue weighted by molar-refractivity contribution is 9.10. The zero-order chi connectivity index (χ0) is 11.7. The number of ketones is 1. The molecule has 0 unspecified atom stereocenters. The minimum Gasteiger partial charge on any atom is -0.392 e. The third-order valence-electron chi connectivity index (χ3n) is 2.32. The average Bonchev–Trinajstić information content (AvgIpc) is 2.57. The van der Waals surface area contributed by atoms with Gasteiger partial charge in [-0.15, -0.1) is 0 Å². The Labute approximate surface area is 100 Å². The monoisotopic (exact) mass is 284 g/mol. The lowest BCUT2D eigenvalue weighted by molar-refractivity contribution is -0.121. The van der Waals surface area contributed by atoms with E-state index in [2.05, 4.69) is 20.9 Å². The lowest BCUT2D eigenvalue weighted by Gasteiger charge is -2.16. The van der Waals surface area contributed by atoms with E-state index in [1.54, 1.807) is 6.07 Å². The number of pyridine rings is 1. The number of carbonyl (C=O) groups is 2. The van der Waals surface area contributed by atoms with Crippen molar-refractivity contribution in [1.82, 2.24) is 4.98 Å². The van der Waals surface area contributed by atoms with E-state index >= 15 is 0 Å². The summed E-state index contributed by atoms with van der Waals surface area (Å²) in [4.78, 5) is 28.0. The first kappa shape index (κ1) is 11.2. The average molecular weight is 285 g/mol. The van der Waals surface area contributed by atoms with Crippen LogP contribution in [0.3, 0.4) is 0 Å². The van der Waals surface area contributed by atoms with Crippen molar-refractivity contribution in [2.75, 3.05) is 11.4 Å². The normalized spacial score (nSPS) is 16.0. The summed E-state index contributed by atoms with van der Waals surface area (Å²) in [6.45, 7) is -0.180. The molecule has 2 heterocycles. The molecule has 0 aliphatic carbocycles. The zero-order valence-corrected chi connectivity index (χ0v) is 9.90. The van der Waals surface area contributed by atoms with Gasteiger partial charge in [-0.1, -0.05) is 0 Å². The van der Waals surface area contributed by atoms with E-state index in [4.69, 9.17) is 0 Å². The van der Waals surface area contributed by atoms with Gasteiger partial charge in [-0.2, -0.15) is 0 Å². The van der Waals surface area contributed by atoms with Crippen LogP contribution in [0, 0.1) is 0 Å². The Kier molecular flexibility index (Phi) is 3.02. The molecule has 1 aliphatic rings. The third kappa shape index (κ3) is 1.98. The predicted molar refractivity (Wildman–Crippen MR) is 59.8 cm³/mol. The van der Waals surface area contributed by atoms with Crippen LogP contribution >= 0.6 is 15.9 Å². The topological polar surface area (TPSA) is 70.5 Å². The highest BCUT2D eigenvalue weighted by Crippen LogP contribution is 2.24. The molecule has 1 aromatic rings. The molecule has 2 rings (SSSR count). The van der Waals surface area contributed by atoms with E-state index in [1.807, 2.05) is 0 Å². The molecule has 1 N–H and O–H groups in total. The second-order valence-electron chi connectivity index (χ2n) is 3.49. The van der Waals surface area contributed by atoms with Gasteiger partial charge in [0, 0.05) is 16.2 Å². The van der Waals surface area contributed by atoms with Gasteiger partial charge in [-0.3, -0.25) is 14.5 Å². The van der Waals surface area contributed by atoms with Crippen molar-refractivity contribution >= 4 is 33.4 Å². The zero-order valence-electron chi connectivity index (χ0n) is 8.31. The lowest BCUT2D eigenvalue weighted by Crippen LogP contribution is -2.26. The Morgan fingerprint density at radius 3 is 2.81 bits per heavy atom. The first-order valence-electron chi connectivity index (χ1n) is 4.69. The molecule has 5 nitrogen and oxygen atoms in total. The smallest absolute Gasteiger partial charge is 0.236 e. The highest BCUT2D eigenvalue weighted by atomic mass is 79.9. The van der Waals surface area contributed by atoms with Crippen molar-refractivity contribution in [3.63, 3.8) is 0 Å². The summed E-state index contributed by atoms with van der Waals surface area (Å²) in [5.41, 5.74) is 0.525. The number of Topliss-reactive ketones (excluding diaryl/α,β-unsaturated/α-hetero) is 1. The molecule has 1 aromatic heterocycles. The van der Waals surface area contributed by atoms with Crippen molar-refractivity contribution in [2.45, 2.75) is 13.0 Å². The number of aromatic nitrogens is 1. The maximum absolute atomic E-state index is 11.5. The summed E-state index contributed by atoms with van der Waals surface area (Å²) < 4.78 is 0.721. The maximum Gasteiger partial charge on any atom is 0.236 e. The van der Waals surface area contributed by atoms with Crippen LogP contribution < -0.4 is 4.90 Å². The number of aliphatic hydroxyl groups is 1. The van der Waals surface area contributed by atoms with Gasteiger partial charge < -0.3 is 5.11 Å². The van der Waals surface area contributed by atoms with Crippen LogP contribution in [-0.2, 0) is 16.2 Å². The molecule has 16 heavy (non-hydrogen) atoms. The van der Waals surface area contributed by atoms with Crippen LogP contribution in [0.5, 0.6) is 0 Å². The number of amides is 1. The summed E-state index contributed by atoms with van der Waals surface area (Å²) >= 11 is 3.23. The van der Waals surface area contributed by atoms with E-state index in [0.29, 0.717) is 11.4 Å². The molecule has 0 aromatic carbocycles. The molecule has 0 spiro atoms. The number of aliphatic hydroxyl groups excluding tert-OH is 1. The summed E-state index contributed by atoms with van der Waals surface area (Å²) in [7, 11) is 0. The first-order chi connectivity index (χ1) is 7.61. The fourth-order valence-electron chi connectivity index (χ4n) is 1.61. The van der Waals surface area contributed by atoms with Crippen molar-refractivity contribution in [1.29, 1.82) is 0 Å². The molecular weight excluding hydrogens is 276 g/mol. The molecule has 0 bridgehead atoms. The largest absolute Gasteiger partial charge is 0.392 e. The van der Waals surface area contributed by atoms with Gasteiger partial charge in [0.05, 0.1) is 19.6 Å². The predicted octanol–water partition coefficient (Wildman–Crippen LogP) is 0.642. The molecule has 6 heteroatoms. The summed E-state index contributed by atoms with van der Waals surface area (Å²) in [5.74, 6) is -0.0327. The van der Waals surface area contributed by atoms with Crippen molar-refractivity contribution < 1.29 is 14.7 Å².